The number of nitrogens with zero attached hydrogens (tertiary/aromatic N) is 2. The summed E-state index contributed by atoms with van der Waals surface area (Å²) in [6.45, 7) is 6.08. The molecule has 0 fully saturated rings. The van der Waals surface area contributed by atoms with E-state index >= 15 is 0 Å². The predicted molar refractivity (Wildman–Crippen MR) is 61.4 cm³/mol. The fraction of sp³-hybridized carbons (Fsp3) is 0.364. The van der Waals surface area contributed by atoms with Gasteiger partial charge in [-0.1, -0.05) is 20.8 Å². The average molecular weight is 219 g/mol. The fourth-order valence-corrected chi connectivity index (χ4v) is 1.62. The summed E-state index contributed by atoms with van der Waals surface area (Å²) in [6, 6.07) is 3.55. The Kier molecular flexibility index (Phi) is 2.18. The van der Waals surface area contributed by atoms with E-state index in [1.807, 2.05) is 26.8 Å². The van der Waals surface area contributed by atoms with Crippen LogP contribution in [0.3, 0.4) is 0 Å². The van der Waals surface area contributed by atoms with E-state index in [0.29, 0.717) is 5.52 Å². The molecule has 1 aromatic carbocycles. The van der Waals surface area contributed by atoms with Crippen molar-refractivity contribution in [1.29, 1.82) is 0 Å². The lowest BCUT2D eigenvalue weighted by Crippen LogP contribution is -2.11. The number of hydrogen-bond acceptors (Lipinski definition) is 3. The smallest absolute Gasteiger partial charge is 0.271 e. The molecule has 0 bridgehead atoms. The molecule has 16 heavy (non-hydrogen) atoms. The average Bonchev–Trinajstić information content (AvgIpc) is 2.61. The molecule has 1 aromatic heterocycles. The molecule has 2 aromatic rings. The lowest BCUT2D eigenvalue weighted by Gasteiger charge is -2.18. The third-order valence-electron chi connectivity index (χ3n) is 2.59. The van der Waals surface area contributed by atoms with Crippen molar-refractivity contribution in [2.45, 2.75) is 26.2 Å². The van der Waals surface area contributed by atoms with Gasteiger partial charge in [0.2, 0.25) is 0 Å². The lowest BCUT2D eigenvalue weighted by molar-refractivity contribution is -0.383. The Morgan fingerprint density at radius 1 is 1.38 bits per heavy atom. The van der Waals surface area contributed by atoms with Crippen molar-refractivity contribution in [3.63, 3.8) is 0 Å². The second-order valence-electron chi connectivity index (χ2n) is 4.84. The predicted octanol–water partition coefficient (Wildman–Crippen LogP) is 2.77. The van der Waals surface area contributed by atoms with Gasteiger partial charge in [-0.2, -0.15) is 5.10 Å². The number of aromatic nitrogens is 2. The molecule has 0 aliphatic heterocycles. The first-order chi connectivity index (χ1) is 7.39. The Morgan fingerprint density at radius 2 is 2.06 bits per heavy atom. The van der Waals surface area contributed by atoms with Gasteiger partial charge in [-0.3, -0.25) is 15.2 Å². The van der Waals surface area contributed by atoms with Crippen LogP contribution in [0.4, 0.5) is 5.69 Å². The van der Waals surface area contributed by atoms with Crippen LogP contribution in [0.15, 0.2) is 18.3 Å². The second kappa shape index (κ2) is 3.30. The van der Waals surface area contributed by atoms with Crippen molar-refractivity contribution in [2.24, 2.45) is 0 Å². The summed E-state index contributed by atoms with van der Waals surface area (Å²) in [7, 11) is 0. The summed E-state index contributed by atoms with van der Waals surface area (Å²) in [6.07, 6.45) is 1.61. The molecule has 2 rings (SSSR count). The largest absolute Gasteiger partial charge is 0.295 e. The number of fused-ring (bicyclic) bond motifs is 1. The van der Waals surface area contributed by atoms with Crippen LogP contribution in [0.2, 0.25) is 0 Å². The van der Waals surface area contributed by atoms with E-state index in [9.17, 15) is 10.1 Å². The fourth-order valence-electron chi connectivity index (χ4n) is 1.62. The maximum absolute atomic E-state index is 10.9. The van der Waals surface area contributed by atoms with Crippen LogP contribution in [0, 0.1) is 10.1 Å². The standard InChI is InChI=1S/C11H13N3O2/c1-11(2,3)8-4-7-6-12-13-10(7)9(5-8)14(15)16/h4-6H,1-3H3,(H,12,13). The third-order valence-corrected chi connectivity index (χ3v) is 2.59. The molecule has 0 aliphatic carbocycles. The SMILES string of the molecule is CC(C)(C)c1cc([N+](=O)[O-])c2[nH]ncc2c1. The van der Waals surface area contributed by atoms with Gasteiger partial charge in [0, 0.05) is 11.5 Å². The summed E-state index contributed by atoms with van der Waals surface area (Å²) in [5, 5.41) is 18.2. The van der Waals surface area contributed by atoms with Crippen LogP contribution in [0.5, 0.6) is 0 Å². The zero-order valence-corrected chi connectivity index (χ0v) is 9.44. The summed E-state index contributed by atoms with van der Waals surface area (Å²) in [5.74, 6) is 0. The molecule has 0 unspecified atom stereocenters. The zero-order valence-electron chi connectivity index (χ0n) is 9.44. The van der Waals surface area contributed by atoms with Gasteiger partial charge in [-0.05, 0) is 17.0 Å². The first-order valence-corrected chi connectivity index (χ1v) is 5.01. The van der Waals surface area contributed by atoms with Crippen molar-refractivity contribution in [3.8, 4) is 0 Å². The first-order valence-electron chi connectivity index (χ1n) is 5.01. The van der Waals surface area contributed by atoms with Gasteiger partial charge in [0.15, 0.2) is 0 Å². The Morgan fingerprint density at radius 3 is 2.62 bits per heavy atom. The molecule has 0 amide bonds. The summed E-state index contributed by atoms with van der Waals surface area (Å²) >= 11 is 0. The number of non-ortho nitro benzene ring substituents is 1. The second-order valence-corrected chi connectivity index (χ2v) is 4.84. The number of H-pyrrole nitrogens is 1. The van der Waals surface area contributed by atoms with Gasteiger partial charge in [0.05, 0.1) is 11.1 Å². The molecule has 5 heteroatoms. The molecule has 84 valence electrons. The molecule has 1 N–H and O–H groups in total. The molecule has 0 radical (unpaired) electrons. The van der Waals surface area contributed by atoms with Crippen molar-refractivity contribution < 1.29 is 4.92 Å². The maximum atomic E-state index is 10.9. The van der Waals surface area contributed by atoms with Gasteiger partial charge in [0.1, 0.15) is 5.52 Å². The number of hydrogen-bond donors (Lipinski definition) is 1. The third kappa shape index (κ3) is 1.64. The highest BCUT2D eigenvalue weighted by Gasteiger charge is 2.21. The van der Waals surface area contributed by atoms with E-state index in [1.54, 1.807) is 12.3 Å². The van der Waals surface area contributed by atoms with Crippen LogP contribution in [-0.4, -0.2) is 15.1 Å². The van der Waals surface area contributed by atoms with E-state index < -0.39 is 0 Å². The Labute approximate surface area is 92.6 Å². The summed E-state index contributed by atoms with van der Waals surface area (Å²) in [4.78, 5) is 10.6. The number of nitro groups is 1. The number of aromatic amines is 1. The van der Waals surface area contributed by atoms with E-state index in [4.69, 9.17) is 0 Å². The van der Waals surface area contributed by atoms with E-state index in [2.05, 4.69) is 10.2 Å². The summed E-state index contributed by atoms with van der Waals surface area (Å²) < 4.78 is 0. The van der Waals surface area contributed by atoms with Crippen molar-refractivity contribution >= 4 is 16.6 Å². The minimum Gasteiger partial charge on any atom is -0.271 e. The molecule has 1 heterocycles. The lowest BCUT2D eigenvalue weighted by atomic mass is 9.86. The molecule has 0 spiro atoms. The highest BCUT2D eigenvalue weighted by atomic mass is 16.6. The van der Waals surface area contributed by atoms with E-state index in [1.165, 1.54) is 0 Å². The van der Waals surface area contributed by atoms with Gasteiger partial charge in [-0.15, -0.1) is 0 Å². The zero-order chi connectivity index (χ0) is 11.9. The maximum Gasteiger partial charge on any atom is 0.295 e. The molecular formula is C11H13N3O2. The quantitative estimate of drug-likeness (QED) is 0.592. The van der Waals surface area contributed by atoms with Crippen LogP contribution in [-0.2, 0) is 5.41 Å². The molecular weight excluding hydrogens is 206 g/mol. The number of rotatable bonds is 1. The highest BCUT2D eigenvalue weighted by molar-refractivity contribution is 5.87. The van der Waals surface area contributed by atoms with Crippen LogP contribution in [0.1, 0.15) is 26.3 Å². The highest BCUT2D eigenvalue weighted by Crippen LogP contribution is 2.31. The van der Waals surface area contributed by atoms with Gasteiger partial charge in [0.25, 0.3) is 5.69 Å². The molecule has 5 nitrogen and oxygen atoms in total. The molecule has 0 aliphatic rings. The van der Waals surface area contributed by atoms with Crippen molar-refractivity contribution in [1.82, 2.24) is 10.2 Å². The van der Waals surface area contributed by atoms with E-state index in [-0.39, 0.29) is 16.0 Å². The Hall–Kier alpha value is -1.91. The van der Waals surface area contributed by atoms with Crippen LogP contribution >= 0.6 is 0 Å². The number of benzene rings is 1. The normalized spacial score (nSPS) is 11.9. The Balaban J connectivity index is 2.76. The van der Waals surface area contributed by atoms with Crippen molar-refractivity contribution in [3.05, 3.63) is 34.0 Å². The minimum absolute atomic E-state index is 0.0833. The number of nitrogens with one attached hydrogen (secondary N) is 1. The van der Waals surface area contributed by atoms with Gasteiger partial charge < -0.3 is 0 Å². The molecule has 0 saturated carbocycles. The summed E-state index contributed by atoms with van der Waals surface area (Å²) in [5.41, 5.74) is 1.39. The minimum atomic E-state index is -0.379. The Bertz CT molecular complexity index is 552. The molecule has 0 atom stereocenters. The van der Waals surface area contributed by atoms with E-state index in [0.717, 1.165) is 10.9 Å². The first kappa shape index (κ1) is 10.6. The van der Waals surface area contributed by atoms with Crippen LogP contribution in [0.25, 0.3) is 10.9 Å². The number of nitro benzene ring substituents is 1. The van der Waals surface area contributed by atoms with Crippen LogP contribution < -0.4 is 0 Å². The van der Waals surface area contributed by atoms with Gasteiger partial charge >= 0.3 is 0 Å². The molecule has 0 saturated heterocycles. The topological polar surface area (TPSA) is 71.8 Å². The monoisotopic (exact) mass is 219 g/mol. The van der Waals surface area contributed by atoms with Gasteiger partial charge in [-0.25, -0.2) is 0 Å². The van der Waals surface area contributed by atoms with Crippen molar-refractivity contribution in [2.75, 3.05) is 0 Å².